The maximum atomic E-state index is 11.8. The molecule has 0 saturated carbocycles. The van der Waals surface area contributed by atoms with Crippen molar-refractivity contribution in [2.45, 2.75) is 90.7 Å². The molecule has 0 radical (unpaired) electrons. The van der Waals surface area contributed by atoms with Crippen molar-refractivity contribution in [1.29, 1.82) is 0 Å². The summed E-state index contributed by atoms with van der Waals surface area (Å²) in [5, 5.41) is 20.0. The minimum Gasteiger partial charge on any atom is -0.491 e. The van der Waals surface area contributed by atoms with E-state index in [1.807, 2.05) is 39.0 Å². The van der Waals surface area contributed by atoms with Crippen molar-refractivity contribution in [1.82, 2.24) is 4.57 Å². The minimum absolute atomic E-state index is 0.110. The van der Waals surface area contributed by atoms with Crippen molar-refractivity contribution in [2.24, 2.45) is 0 Å². The molecule has 2 aromatic rings. The minimum atomic E-state index is -0.982. The van der Waals surface area contributed by atoms with Gasteiger partial charge in [0.05, 0.1) is 6.54 Å². The topological polar surface area (TPSA) is 71.7 Å². The highest BCUT2D eigenvalue weighted by Crippen LogP contribution is 2.27. The third-order valence-corrected chi connectivity index (χ3v) is 5.57. The summed E-state index contributed by atoms with van der Waals surface area (Å²) in [4.78, 5) is 11.8. The zero-order valence-electron chi connectivity index (χ0n) is 19.6. The van der Waals surface area contributed by atoms with E-state index in [4.69, 9.17) is 4.74 Å². The number of hydrogen-bond acceptors (Lipinski definition) is 3. The highest BCUT2D eigenvalue weighted by Gasteiger charge is 2.26. The van der Waals surface area contributed by atoms with Crippen LogP contribution in [-0.4, -0.2) is 33.5 Å². The van der Waals surface area contributed by atoms with Crippen LogP contribution in [-0.2, 0) is 18.4 Å². The Hall–Kier alpha value is -2.27. The number of aryl methyl sites for hydroxylation is 1. The lowest BCUT2D eigenvalue weighted by Crippen LogP contribution is -2.26. The molecule has 2 rings (SSSR count). The molecule has 1 aromatic heterocycles. The summed E-state index contributed by atoms with van der Waals surface area (Å²) in [5.41, 5.74) is 2.01. The van der Waals surface area contributed by atoms with Crippen molar-refractivity contribution in [2.75, 3.05) is 6.61 Å². The maximum absolute atomic E-state index is 11.8. The first-order valence-corrected chi connectivity index (χ1v) is 11.5. The van der Waals surface area contributed by atoms with Gasteiger partial charge in [-0.3, -0.25) is 0 Å². The fourth-order valence-electron chi connectivity index (χ4n) is 3.80. The lowest BCUT2D eigenvalue weighted by Gasteiger charge is -2.20. The number of aromatic carboxylic acids is 1. The van der Waals surface area contributed by atoms with E-state index in [-0.39, 0.29) is 24.3 Å². The summed E-state index contributed by atoms with van der Waals surface area (Å²) >= 11 is 0. The Morgan fingerprint density at radius 2 is 1.68 bits per heavy atom. The quantitative estimate of drug-likeness (QED) is 0.393. The van der Waals surface area contributed by atoms with Gasteiger partial charge in [-0.1, -0.05) is 71.9 Å². The zero-order valence-corrected chi connectivity index (χ0v) is 19.6. The number of benzene rings is 1. The second-order valence-electron chi connectivity index (χ2n) is 9.41. The monoisotopic (exact) mass is 429 g/mol. The molecule has 0 aliphatic heterocycles. The van der Waals surface area contributed by atoms with Crippen molar-refractivity contribution in [3.8, 4) is 5.75 Å². The molecular weight excluding hydrogens is 390 g/mol. The number of rotatable bonds is 13. The Morgan fingerprint density at radius 1 is 1.03 bits per heavy atom. The van der Waals surface area contributed by atoms with Crippen LogP contribution in [0.15, 0.2) is 36.5 Å². The molecule has 0 saturated heterocycles. The first-order chi connectivity index (χ1) is 14.7. The van der Waals surface area contributed by atoms with Crippen LogP contribution >= 0.6 is 0 Å². The van der Waals surface area contributed by atoms with Crippen LogP contribution in [0.5, 0.6) is 5.75 Å². The standard InChI is InChI=1S/C26H39NO4/c1-5-6-7-8-9-10-11-20-12-14-22(15-13-20)31-19-21(28)18-27-17-16-23(26(2,3)4)24(27)25(29)30/h12-17,21,28H,5-11,18-19H2,1-4H3,(H,29,30). The molecule has 5 nitrogen and oxygen atoms in total. The number of aromatic nitrogens is 1. The molecule has 1 heterocycles. The van der Waals surface area contributed by atoms with E-state index in [2.05, 4.69) is 19.1 Å². The molecular formula is C26H39NO4. The molecule has 0 bridgehead atoms. The molecule has 0 aliphatic rings. The van der Waals surface area contributed by atoms with E-state index >= 15 is 0 Å². The lowest BCUT2D eigenvalue weighted by atomic mass is 9.87. The molecule has 0 aliphatic carbocycles. The van der Waals surface area contributed by atoms with Crippen molar-refractivity contribution in [3.05, 3.63) is 53.3 Å². The van der Waals surface area contributed by atoms with Gasteiger partial charge in [0.15, 0.2) is 0 Å². The first kappa shape index (κ1) is 25.0. The summed E-state index contributed by atoms with van der Waals surface area (Å²) in [6, 6.07) is 9.86. The predicted molar refractivity (Wildman–Crippen MR) is 125 cm³/mol. The van der Waals surface area contributed by atoms with Crippen LogP contribution in [0.2, 0.25) is 0 Å². The largest absolute Gasteiger partial charge is 0.491 e. The molecule has 31 heavy (non-hydrogen) atoms. The maximum Gasteiger partial charge on any atom is 0.352 e. The van der Waals surface area contributed by atoms with Crippen molar-refractivity contribution < 1.29 is 19.7 Å². The first-order valence-electron chi connectivity index (χ1n) is 11.5. The van der Waals surface area contributed by atoms with Crippen LogP contribution in [0.3, 0.4) is 0 Å². The van der Waals surface area contributed by atoms with Gasteiger partial charge in [-0.25, -0.2) is 4.79 Å². The Balaban J connectivity index is 1.82. The molecule has 1 aromatic carbocycles. The average Bonchev–Trinajstić information content (AvgIpc) is 3.14. The molecule has 2 N–H and O–H groups in total. The van der Waals surface area contributed by atoms with Gasteiger partial charge in [0.2, 0.25) is 0 Å². The van der Waals surface area contributed by atoms with Gasteiger partial charge in [-0.05, 0) is 47.6 Å². The Labute approximate surface area is 187 Å². The van der Waals surface area contributed by atoms with E-state index in [0.29, 0.717) is 5.75 Å². The highest BCUT2D eigenvalue weighted by molar-refractivity contribution is 5.88. The third kappa shape index (κ3) is 8.06. The molecule has 0 amide bonds. The number of aliphatic hydroxyl groups excluding tert-OH is 1. The number of hydrogen-bond donors (Lipinski definition) is 2. The number of carboxylic acid groups (broad SMARTS) is 1. The van der Waals surface area contributed by atoms with Crippen LogP contribution in [0.4, 0.5) is 0 Å². The predicted octanol–water partition coefficient (Wildman–Crippen LogP) is 5.83. The molecule has 5 heteroatoms. The van der Waals surface area contributed by atoms with Crippen LogP contribution < -0.4 is 4.74 Å². The summed E-state index contributed by atoms with van der Waals surface area (Å²) in [7, 11) is 0. The highest BCUT2D eigenvalue weighted by atomic mass is 16.5. The van der Waals surface area contributed by atoms with Gasteiger partial charge in [-0.2, -0.15) is 0 Å². The van der Waals surface area contributed by atoms with Crippen LogP contribution in [0.25, 0.3) is 0 Å². The van der Waals surface area contributed by atoms with E-state index < -0.39 is 12.1 Å². The zero-order chi connectivity index (χ0) is 22.9. The Morgan fingerprint density at radius 3 is 2.29 bits per heavy atom. The fraction of sp³-hybridized carbons (Fsp3) is 0.577. The Kier molecular flexibility index (Phi) is 9.63. The second-order valence-corrected chi connectivity index (χ2v) is 9.41. The smallest absolute Gasteiger partial charge is 0.352 e. The average molecular weight is 430 g/mol. The normalized spacial score (nSPS) is 12.7. The number of carbonyl (C=O) groups is 1. The number of nitrogens with zero attached hydrogens (tertiary/aromatic N) is 1. The SMILES string of the molecule is CCCCCCCCc1ccc(OCC(O)Cn2ccc(C(C)(C)C)c2C(=O)O)cc1. The summed E-state index contributed by atoms with van der Waals surface area (Å²) in [6.07, 6.45) is 9.75. The molecule has 0 fully saturated rings. The van der Waals surface area contributed by atoms with Gasteiger partial charge in [0.25, 0.3) is 0 Å². The fourth-order valence-corrected chi connectivity index (χ4v) is 3.80. The number of ether oxygens (including phenoxy) is 1. The summed E-state index contributed by atoms with van der Waals surface area (Å²) in [6.45, 7) is 8.46. The van der Waals surface area contributed by atoms with Gasteiger partial charge in [0.1, 0.15) is 24.2 Å². The van der Waals surface area contributed by atoms with Crippen molar-refractivity contribution >= 4 is 5.97 Å². The van der Waals surface area contributed by atoms with Crippen LogP contribution in [0, 0.1) is 0 Å². The number of carboxylic acids is 1. The van der Waals surface area contributed by atoms with E-state index in [1.165, 1.54) is 44.1 Å². The van der Waals surface area contributed by atoms with Gasteiger partial charge < -0.3 is 19.5 Å². The van der Waals surface area contributed by atoms with Gasteiger partial charge >= 0.3 is 5.97 Å². The molecule has 1 atom stereocenters. The van der Waals surface area contributed by atoms with Crippen LogP contribution in [0.1, 0.15) is 87.8 Å². The van der Waals surface area contributed by atoms with E-state index in [1.54, 1.807) is 10.8 Å². The molecule has 0 spiro atoms. The van der Waals surface area contributed by atoms with Crippen molar-refractivity contribution in [3.63, 3.8) is 0 Å². The number of aliphatic hydroxyl groups is 1. The van der Waals surface area contributed by atoms with Gasteiger partial charge in [-0.15, -0.1) is 0 Å². The summed E-state index contributed by atoms with van der Waals surface area (Å²) < 4.78 is 7.33. The number of unbranched alkanes of at least 4 members (excludes halogenated alkanes) is 5. The lowest BCUT2D eigenvalue weighted by molar-refractivity contribution is 0.0663. The second kappa shape index (κ2) is 11.9. The third-order valence-electron chi connectivity index (χ3n) is 5.57. The van der Waals surface area contributed by atoms with E-state index in [0.717, 1.165) is 12.0 Å². The summed E-state index contributed by atoms with van der Waals surface area (Å²) in [5.74, 6) is -0.268. The van der Waals surface area contributed by atoms with E-state index in [9.17, 15) is 15.0 Å². The molecule has 1 unspecified atom stereocenters. The Bertz CT molecular complexity index is 802. The molecule has 172 valence electrons. The van der Waals surface area contributed by atoms with Gasteiger partial charge in [0, 0.05) is 6.20 Å².